The van der Waals surface area contributed by atoms with Crippen molar-refractivity contribution < 1.29 is 27.8 Å². The van der Waals surface area contributed by atoms with Crippen LogP contribution < -0.4 is 20.1 Å². The van der Waals surface area contributed by atoms with Crippen LogP contribution in [-0.2, 0) is 4.79 Å². The van der Waals surface area contributed by atoms with E-state index in [4.69, 9.17) is 4.74 Å². The molecule has 28 heavy (non-hydrogen) atoms. The number of hydrogen-bond acceptors (Lipinski definition) is 4. The van der Waals surface area contributed by atoms with Crippen LogP contribution in [0.1, 0.15) is 31.1 Å². The molecule has 2 aromatic rings. The minimum absolute atomic E-state index is 0.116. The van der Waals surface area contributed by atoms with Crippen LogP contribution in [-0.4, -0.2) is 25.5 Å². The number of alkyl halides is 2. The summed E-state index contributed by atoms with van der Waals surface area (Å²) in [6.45, 7) is 2.31. The first-order valence-corrected chi connectivity index (χ1v) is 8.46. The van der Waals surface area contributed by atoms with E-state index in [-0.39, 0.29) is 23.1 Å². The van der Waals surface area contributed by atoms with Crippen LogP contribution in [0.5, 0.6) is 11.5 Å². The van der Waals surface area contributed by atoms with E-state index in [1.54, 1.807) is 39.0 Å². The van der Waals surface area contributed by atoms with E-state index in [1.807, 2.05) is 0 Å². The molecule has 150 valence electrons. The molecule has 0 radical (unpaired) electrons. The Morgan fingerprint density at radius 2 is 1.64 bits per heavy atom. The molecule has 0 aromatic heterocycles. The maximum absolute atomic E-state index is 12.5. The van der Waals surface area contributed by atoms with Crippen molar-refractivity contribution in [3.05, 3.63) is 48.0 Å². The second-order valence-electron chi connectivity index (χ2n) is 6.98. The first-order chi connectivity index (χ1) is 13.1. The van der Waals surface area contributed by atoms with Crippen molar-refractivity contribution in [3.8, 4) is 11.5 Å². The molecule has 0 aliphatic rings. The maximum Gasteiger partial charge on any atom is 0.387 e. The Labute approximate surface area is 161 Å². The van der Waals surface area contributed by atoms with Crippen LogP contribution in [0.15, 0.2) is 42.5 Å². The number of carbonyl (C=O) groups excluding carboxylic acids is 2. The molecule has 0 spiro atoms. The van der Waals surface area contributed by atoms with Gasteiger partial charge in [-0.3, -0.25) is 9.59 Å². The van der Waals surface area contributed by atoms with Gasteiger partial charge in [0.25, 0.3) is 5.91 Å². The Hall–Kier alpha value is -3.16. The summed E-state index contributed by atoms with van der Waals surface area (Å²) >= 11 is 0. The average Bonchev–Trinajstić information content (AvgIpc) is 2.61. The standard InChI is InChI=1S/C20H22F2N2O4/c1-20(2,3)18(26)24-13-7-5-6-12(10-13)17(25)23-14-8-9-15(27-4)16(11-14)28-19(21)22/h5-11,19H,1-4H3,(H,23,25)(H,24,26). The Kier molecular flexibility index (Phi) is 6.56. The average molecular weight is 392 g/mol. The van der Waals surface area contributed by atoms with Crippen LogP contribution in [0.4, 0.5) is 20.2 Å². The van der Waals surface area contributed by atoms with Gasteiger partial charge in [-0.15, -0.1) is 0 Å². The maximum atomic E-state index is 12.5. The molecule has 0 aliphatic carbocycles. The van der Waals surface area contributed by atoms with Crippen LogP contribution in [0.25, 0.3) is 0 Å². The number of amides is 2. The molecule has 2 aromatic carbocycles. The predicted molar refractivity (Wildman–Crippen MR) is 102 cm³/mol. The molecule has 0 bridgehead atoms. The van der Waals surface area contributed by atoms with Crippen molar-refractivity contribution in [1.82, 2.24) is 0 Å². The lowest BCUT2D eigenvalue weighted by molar-refractivity contribution is -0.123. The van der Waals surface area contributed by atoms with Gasteiger partial charge in [0.2, 0.25) is 5.91 Å². The summed E-state index contributed by atoms with van der Waals surface area (Å²) in [7, 11) is 1.32. The van der Waals surface area contributed by atoms with Crippen molar-refractivity contribution in [3.63, 3.8) is 0 Å². The zero-order valence-electron chi connectivity index (χ0n) is 16.0. The molecule has 2 rings (SSSR count). The number of nitrogens with one attached hydrogen (secondary N) is 2. The van der Waals surface area contributed by atoms with Crippen LogP contribution in [0, 0.1) is 5.41 Å². The van der Waals surface area contributed by atoms with Crippen molar-refractivity contribution in [1.29, 1.82) is 0 Å². The lowest BCUT2D eigenvalue weighted by Gasteiger charge is -2.18. The van der Waals surface area contributed by atoms with E-state index in [9.17, 15) is 18.4 Å². The largest absolute Gasteiger partial charge is 0.493 e. The molecular formula is C20H22F2N2O4. The van der Waals surface area contributed by atoms with E-state index in [1.165, 1.54) is 31.4 Å². The van der Waals surface area contributed by atoms with E-state index in [0.717, 1.165) is 0 Å². The Balaban J connectivity index is 2.17. The molecule has 2 N–H and O–H groups in total. The highest BCUT2D eigenvalue weighted by Gasteiger charge is 2.21. The number of rotatable bonds is 6. The SMILES string of the molecule is COc1ccc(NC(=O)c2cccc(NC(=O)C(C)(C)C)c2)cc1OC(F)F. The van der Waals surface area contributed by atoms with Crippen molar-refractivity contribution in [2.75, 3.05) is 17.7 Å². The highest BCUT2D eigenvalue weighted by atomic mass is 19.3. The molecule has 2 amide bonds. The number of ether oxygens (including phenoxy) is 2. The fourth-order valence-corrected chi connectivity index (χ4v) is 2.20. The van der Waals surface area contributed by atoms with Crippen LogP contribution in [0.3, 0.4) is 0 Å². The Bertz CT molecular complexity index is 864. The fourth-order valence-electron chi connectivity index (χ4n) is 2.20. The third-order valence-corrected chi connectivity index (χ3v) is 3.70. The summed E-state index contributed by atoms with van der Waals surface area (Å²) in [5.41, 5.74) is 0.441. The smallest absolute Gasteiger partial charge is 0.387 e. The second-order valence-corrected chi connectivity index (χ2v) is 6.98. The summed E-state index contributed by atoms with van der Waals surface area (Å²) in [6, 6.07) is 10.6. The van der Waals surface area contributed by atoms with Crippen LogP contribution >= 0.6 is 0 Å². The highest BCUT2D eigenvalue weighted by Crippen LogP contribution is 2.31. The Morgan fingerprint density at radius 3 is 2.25 bits per heavy atom. The predicted octanol–water partition coefficient (Wildman–Crippen LogP) is 4.53. The minimum Gasteiger partial charge on any atom is -0.493 e. The van der Waals surface area contributed by atoms with E-state index in [2.05, 4.69) is 15.4 Å². The topological polar surface area (TPSA) is 76.7 Å². The minimum atomic E-state index is -3.03. The van der Waals surface area contributed by atoms with Gasteiger partial charge in [-0.05, 0) is 30.3 Å². The molecule has 0 unspecified atom stereocenters. The molecule has 0 fully saturated rings. The van der Waals surface area contributed by atoms with Crippen molar-refractivity contribution in [2.24, 2.45) is 5.41 Å². The van der Waals surface area contributed by atoms with Crippen LogP contribution in [0.2, 0.25) is 0 Å². The number of anilines is 2. The van der Waals surface area contributed by atoms with Gasteiger partial charge in [0.15, 0.2) is 11.5 Å². The quantitative estimate of drug-likeness (QED) is 0.757. The molecule has 0 atom stereocenters. The number of methoxy groups -OCH3 is 1. The van der Waals surface area contributed by atoms with Gasteiger partial charge in [0, 0.05) is 28.4 Å². The first kappa shape index (κ1) is 21.1. The summed E-state index contributed by atoms with van der Waals surface area (Å²) < 4.78 is 34.4. The van der Waals surface area contributed by atoms with E-state index in [0.29, 0.717) is 11.3 Å². The van der Waals surface area contributed by atoms with Gasteiger partial charge >= 0.3 is 6.61 Å². The number of carbonyl (C=O) groups is 2. The first-order valence-electron chi connectivity index (χ1n) is 8.46. The van der Waals surface area contributed by atoms with Gasteiger partial charge in [-0.25, -0.2) is 0 Å². The van der Waals surface area contributed by atoms with Gasteiger partial charge < -0.3 is 20.1 Å². The van der Waals surface area contributed by atoms with Crippen molar-refractivity contribution >= 4 is 23.2 Å². The zero-order valence-corrected chi connectivity index (χ0v) is 16.0. The summed E-state index contributed by atoms with van der Waals surface area (Å²) in [4.78, 5) is 24.6. The van der Waals surface area contributed by atoms with Crippen molar-refractivity contribution in [2.45, 2.75) is 27.4 Å². The molecule has 0 saturated carbocycles. The molecule has 0 heterocycles. The van der Waals surface area contributed by atoms with Gasteiger partial charge in [-0.2, -0.15) is 8.78 Å². The highest BCUT2D eigenvalue weighted by molar-refractivity contribution is 6.05. The zero-order chi connectivity index (χ0) is 20.9. The molecule has 8 heteroatoms. The monoisotopic (exact) mass is 392 g/mol. The van der Waals surface area contributed by atoms with E-state index < -0.39 is 17.9 Å². The molecule has 0 aliphatic heterocycles. The molecule has 0 saturated heterocycles. The molecular weight excluding hydrogens is 370 g/mol. The normalized spacial score (nSPS) is 11.1. The van der Waals surface area contributed by atoms with Gasteiger partial charge in [-0.1, -0.05) is 26.8 Å². The third kappa shape index (κ3) is 5.67. The fraction of sp³-hybridized carbons (Fsp3) is 0.300. The lowest BCUT2D eigenvalue weighted by atomic mass is 9.95. The van der Waals surface area contributed by atoms with Gasteiger partial charge in [0.05, 0.1) is 7.11 Å². The Morgan fingerprint density at radius 1 is 0.964 bits per heavy atom. The van der Waals surface area contributed by atoms with E-state index >= 15 is 0 Å². The van der Waals surface area contributed by atoms with Gasteiger partial charge in [0.1, 0.15) is 0 Å². The summed E-state index contributed by atoms with van der Waals surface area (Å²) in [5.74, 6) is -0.735. The summed E-state index contributed by atoms with van der Waals surface area (Å²) in [6.07, 6.45) is 0. The number of hydrogen-bond donors (Lipinski definition) is 2. The third-order valence-electron chi connectivity index (χ3n) is 3.70. The molecule has 6 nitrogen and oxygen atoms in total. The lowest BCUT2D eigenvalue weighted by Crippen LogP contribution is -2.27. The second kappa shape index (κ2) is 8.69. The number of benzene rings is 2. The number of halogens is 2. The summed E-state index contributed by atoms with van der Waals surface area (Å²) in [5, 5.41) is 5.35.